The second kappa shape index (κ2) is 6.76. The van der Waals surface area contributed by atoms with Crippen LogP contribution >= 0.6 is 11.3 Å². The molecular weight excluding hydrogens is 348 g/mol. The third-order valence-corrected chi connectivity index (χ3v) is 5.36. The van der Waals surface area contributed by atoms with Crippen molar-refractivity contribution in [2.45, 2.75) is 12.3 Å². The number of benzene rings is 1. The lowest BCUT2D eigenvalue weighted by molar-refractivity contribution is -0.119. The molecule has 1 aromatic carbocycles. The van der Waals surface area contributed by atoms with Crippen LogP contribution in [0.15, 0.2) is 47.2 Å². The molecule has 1 atom stereocenters. The summed E-state index contributed by atoms with van der Waals surface area (Å²) in [5.74, 6) is -0.190. The Morgan fingerprint density at radius 1 is 1.38 bits per heavy atom. The Kier molecular flexibility index (Phi) is 4.30. The molecule has 3 aromatic rings. The van der Waals surface area contributed by atoms with Gasteiger partial charge in [-0.05, 0) is 29.1 Å². The van der Waals surface area contributed by atoms with Crippen molar-refractivity contribution >= 4 is 28.8 Å². The lowest BCUT2D eigenvalue weighted by Crippen LogP contribution is -2.37. The molecule has 2 aromatic heterocycles. The van der Waals surface area contributed by atoms with E-state index in [0.717, 1.165) is 22.5 Å². The Morgan fingerprint density at radius 2 is 2.23 bits per heavy atom. The van der Waals surface area contributed by atoms with E-state index in [1.54, 1.807) is 29.4 Å². The number of thiophene rings is 1. The molecule has 0 saturated heterocycles. The molecule has 7 heteroatoms. The number of anilines is 1. The van der Waals surface area contributed by atoms with E-state index in [-0.39, 0.29) is 17.7 Å². The van der Waals surface area contributed by atoms with E-state index in [4.69, 9.17) is 0 Å². The molecule has 0 unspecified atom stereocenters. The predicted molar refractivity (Wildman–Crippen MR) is 101 cm³/mol. The number of rotatable bonds is 4. The fourth-order valence-corrected chi connectivity index (χ4v) is 3.87. The third-order valence-electron chi connectivity index (χ3n) is 4.68. The Labute approximate surface area is 154 Å². The van der Waals surface area contributed by atoms with Gasteiger partial charge in [-0.25, -0.2) is 0 Å². The van der Waals surface area contributed by atoms with Crippen LogP contribution < -0.4 is 10.2 Å². The summed E-state index contributed by atoms with van der Waals surface area (Å²) in [5, 5.41) is 13.9. The molecule has 2 N–H and O–H groups in total. The third kappa shape index (κ3) is 3.01. The molecule has 0 radical (unpaired) electrons. The highest BCUT2D eigenvalue weighted by atomic mass is 32.1. The summed E-state index contributed by atoms with van der Waals surface area (Å²) in [7, 11) is 1.78. The number of carbonyl (C=O) groups excluding carboxylic acids is 2. The van der Waals surface area contributed by atoms with Gasteiger partial charge in [-0.3, -0.25) is 14.7 Å². The van der Waals surface area contributed by atoms with Crippen molar-refractivity contribution in [3.63, 3.8) is 0 Å². The number of nitrogens with zero attached hydrogens (tertiary/aromatic N) is 2. The van der Waals surface area contributed by atoms with Gasteiger partial charge in [-0.1, -0.05) is 18.2 Å². The summed E-state index contributed by atoms with van der Waals surface area (Å²) in [6.07, 6.45) is 0.386. The van der Waals surface area contributed by atoms with Gasteiger partial charge < -0.3 is 10.2 Å². The second-order valence-electron chi connectivity index (χ2n) is 6.30. The monoisotopic (exact) mass is 366 g/mol. The summed E-state index contributed by atoms with van der Waals surface area (Å²) >= 11 is 1.58. The number of aromatic amines is 1. The van der Waals surface area contributed by atoms with Crippen LogP contribution in [0.1, 0.15) is 28.4 Å². The summed E-state index contributed by atoms with van der Waals surface area (Å²) < 4.78 is 0. The number of hydrogen-bond donors (Lipinski definition) is 2. The zero-order chi connectivity index (χ0) is 18.1. The zero-order valence-corrected chi connectivity index (χ0v) is 15.0. The summed E-state index contributed by atoms with van der Waals surface area (Å²) in [5.41, 5.74) is 4.14. The van der Waals surface area contributed by atoms with Gasteiger partial charge in [0.15, 0.2) is 0 Å². The lowest BCUT2D eigenvalue weighted by Gasteiger charge is -2.31. The van der Waals surface area contributed by atoms with Crippen LogP contribution in [0.2, 0.25) is 0 Å². The second-order valence-corrected chi connectivity index (χ2v) is 7.08. The van der Waals surface area contributed by atoms with E-state index in [1.807, 2.05) is 41.1 Å². The molecule has 0 aliphatic carbocycles. The maximum Gasteiger partial charge on any atom is 0.269 e. The Morgan fingerprint density at radius 3 is 3.04 bits per heavy atom. The van der Waals surface area contributed by atoms with Crippen molar-refractivity contribution in [1.29, 1.82) is 0 Å². The molecule has 6 nitrogen and oxygen atoms in total. The minimum absolute atomic E-state index is 0.0295. The summed E-state index contributed by atoms with van der Waals surface area (Å²) in [6, 6.07) is 11.5. The van der Waals surface area contributed by atoms with Gasteiger partial charge in [-0.15, -0.1) is 0 Å². The highest BCUT2D eigenvalue weighted by Crippen LogP contribution is 2.34. The molecule has 0 spiro atoms. The zero-order valence-electron chi connectivity index (χ0n) is 14.2. The first-order valence-corrected chi connectivity index (χ1v) is 9.29. The van der Waals surface area contributed by atoms with E-state index in [1.165, 1.54) is 0 Å². The lowest BCUT2D eigenvalue weighted by atomic mass is 9.89. The minimum atomic E-state index is -0.220. The van der Waals surface area contributed by atoms with Crippen molar-refractivity contribution in [3.05, 3.63) is 58.4 Å². The summed E-state index contributed by atoms with van der Waals surface area (Å²) in [6.45, 7) is 0.405. The SMILES string of the molecule is CN1C(=O)C[C@@H](CNC(=O)c2cc(-c3ccsc3)n[nH]2)c2ccccc21. The largest absolute Gasteiger partial charge is 0.350 e. The van der Waals surface area contributed by atoms with E-state index >= 15 is 0 Å². The number of carbonyl (C=O) groups is 2. The maximum atomic E-state index is 12.5. The molecule has 0 fully saturated rings. The van der Waals surface area contributed by atoms with E-state index in [2.05, 4.69) is 15.5 Å². The molecule has 0 saturated carbocycles. The average molecular weight is 366 g/mol. The van der Waals surface area contributed by atoms with Crippen LogP contribution in [-0.2, 0) is 4.79 Å². The Hall–Kier alpha value is -2.93. The topological polar surface area (TPSA) is 78.1 Å². The van der Waals surface area contributed by atoms with Gasteiger partial charge in [-0.2, -0.15) is 16.4 Å². The number of nitrogens with one attached hydrogen (secondary N) is 2. The number of aromatic nitrogens is 2. The summed E-state index contributed by atoms with van der Waals surface area (Å²) in [4.78, 5) is 26.3. The quantitative estimate of drug-likeness (QED) is 0.745. The highest BCUT2D eigenvalue weighted by molar-refractivity contribution is 7.08. The fraction of sp³-hybridized carbons (Fsp3) is 0.211. The smallest absolute Gasteiger partial charge is 0.269 e. The van der Waals surface area contributed by atoms with Crippen molar-refractivity contribution in [3.8, 4) is 11.3 Å². The van der Waals surface area contributed by atoms with Crippen LogP contribution in [0, 0.1) is 0 Å². The van der Waals surface area contributed by atoms with Crippen molar-refractivity contribution in [2.75, 3.05) is 18.5 Å². The molecule has 1 aliphatic heterocycles. The van der Waals surface area contributed by atoms with Crippen LogP contribution in [0.3, 0.4) is 0 Å². The number of para-hydroxylation sites is 1. The van der Waals surface area contributed by atoms with Crippen LogP contribution in [0.4, 0.5) is 5.69 Å². The Balaban J connectivity index is 1.47. The molecular formula is C19H18N4O2S. The molecule has 4 rings (SSSR count). The van der Waals surface area contributed by atoms with Crippen LogP contribution in [-0.4, -0.2) is 35.6 Å². The fourth-order valence-electron chi connectivity index (χ4n) is 3.22. The van der Waals surface area contributed by atoms with Crippen molar-refractivity contribution in [2.24, 2.45) is 0 Å². The highest BCUT2D eigenvalue weighted by Gasteiger charge is 2.29. The first kappa shape index (κ1) is 16.5. The van der Waals surface area contributed by atoms with Gasteiger partial charge >= 0.3 is 0 Å². The van der Waals surface area contributed by atoms with E-state index in [0.29, 0.717) is 18.7 Å². The number of amides is 2. The molecule has 0 bridgehead atoms. The van der Waals surface area contributed by atoms with Crippen LogP contribution in [0.25, 0.3) is 11.3 Å². The molecule has 132 valence electrons. The molecule has 1 aliphatic rings. The standard InChI is InChI=1S/C19H18N4O2S/c1-23-17-5-3-2-4-14(17)13(8-18(23)24)10-20-19(25)16-9-15(21-22-16)12-6-7-26-11-12/h2-7,9,11,13H,8,10H2,1H3,(H,20,25)(H,21,22)/t13-/m0/s1. The van der Waals surface area contributed by atoms with E-state index in [9.17, 15) is 9.59 Å². The van der Waals surface area contributed by atoms with Gasteiger partial charge in [0, 0.05) is 42.6 Å². The van der Waals surface area contributed by atoms with E-state index < -0.39 is 0 Å². The van der Waals surface area contributed by atoms with Crippen molar-refractivity contribution < 1.29 is 9.59 Å². The van der Waals surface area contributed by atoms with Gasteiger partial charge in [0.2, 0.25) is 5.91 Å². The van der Waals surface area contributed by atoms with Crippen molar-refractivity contribution in [1.82, 2.24) is 15.5 Å². The van der Waals surface area contributed by atoms with Gasteiger partial charge in [0.25, 0.3) is 5.91 Å². The number of H-pyrrole nitrogens is 1. The number of fused-ring (bicyclic) bond motifs is 1. The van der Waals surface area contributed by atoms with Gasteiger partial charge in [0.05, 0.1) is 5.69 Å². The predicted octanol–water partition coefficient (Wildman–Crippen LogP) is 3.02. The number of hydrogen-bond acceptors (Lipinski definition) is 4. The first-order valence-electron chi connectivity index (χ1n) is 8.35. The maximum absolute atomic E-state index is 12.5. The first-order chi connectivity index (χ1) is 12.6. The molecule has 2 amide bonds. The molecule has 3 heterocycles. The van der Waals surface area contributed by atoms with Gasteiger partial charge in [0.1, 0.15) is 5.69 Å². The molecule has 26 heavy (non-hydrogen) atoms. The normalized spacial score (nSPS) is 16.4. The van der Waals surface area contributed by atoms with Crippen LogP contribution in [0.5, 0.6) is 0 Å². The minimum Gasteiger partial charge on any atom is -0.350 e. The average Bonchev–Trinajstić information content (AvgIpc) is 3.34. The Bertz CT molecular complexity index is 948.